The van der Waals surface area contributed by atoms with E-state index in [2.05, 4.69) is 32.6 Å². The third-order valence-corrected chi connectivity index (χ3v) is 13.3. The van der Waals surface area contributed by atoms with Crippen LogP contribution in [0.15, 0.2) is 0 Å². The molecule has 0 aliphatic carbocycles. The van der Waals surface area contributed by atoms with Crippen LogP contribution in [0.1, 0.15) is 40.5 Å². The van der Waals surface area contributed by atoms with E-state index < -0.39 is 21.4 Å². The molecular formula is C12H28InN. The molecule has 0 heterocycles. The first-order valence-electron chi connectivity index (χ1n) is 6.50. The van der Waals surface area contributed by atoms with Crippen LogP contribution in [-0.2, 0) is 0 Å². The molecule has 2 heteroatoms. The maximum atomic E-state index is 2.61. The zero-order valence-corrected chi connectivity index (χ0v) is 14.0. The van der Waals surface area contributed by atoms with Crippen molar-refractivity contribution in [2.24, 2.45) is 0 Å². The van der Waals surface area contributed by atoms with Gasteiger partial charge in [-0.3, -0.25) is 0 Å². The topological polar surface area (TPSA) is 3.24 Å². The molecule has 0 rings (SSSR count). The molecule has 0 N–H and O–H groups in total. The summed E-state index contributed by atoms with van der Waals surface area (Å²) in [5.41, 5.74) is 0. The molecule has 0 aliphatic heterocycles. The van der Waals surface area contributed by atoms with Crippen LogP contribution < -0.4 is 0 Å². The van der Waals surface area contributed by atoms with Crippen molar-refractivity contribution in [2.75, 3.05) is 19.6 Å². The van der Waals surface area contributed by atoms with Crippen LogP contribution >= 0.6 is 0 Å². The van der Waals surface area contributed by atoms with Gasteiger partial charge in [0.05, 0.1) is 0 Å². The predicted octanol–water partition coefficient (Wildman–Crippen LogP) is 3.64. The molecule has 84 valence electrons. The Bertz CT molecular complexity index is 113. The summed E-state index contributed by atoms with van der Waals surface area (Å²) in [6, 6.07) is 0. The number of nitrogens with zero attached hydrogens (tertiary/aromatic N) is 1. The second-order valence-electron chi connectivity index (χ2n) is 4.26. The van der Waals surface area contributed by atoms with Gasteiger partial charge in [0.25, 0.3) is 0 Å². The zero-order chi connectivity index (χ0) is 10.8. The van der Waals surface area contributed by atoms with Gasteiger partial charge in [0.1, 0.15) is 0 Å². The van der Waals surface area contributed by atoms with Crippen LogP contribution in [0.2, 0.25) is 12.5 Å². The Balaban J connectivity index is 3.48. The van der Waals surface area contributed by atoms with E-state index in [0.717, 1.165) is 0 Å². The molecule has 0 bridgehead atoms. The van der Waals surface area contributed by atoms with Gasteiger partial charge in [0.15, 0.2) is 0 Å². The molecule has 0 saturated carbocycles. The van der Waals surface area contributed by atoms with E-state index in [1.165, 1.54) is 32.5 Å². The van der Waals surface area contributed by atoms with Gasteiger partial charge in [-0.25, -0.2) is 0 Å². The first-order valence-corrected chi connectivity index (χ1v) is 13.5. The van der Waals surface area contributed by atoms with Gasteiger partial charge in [-0.2, -0.15) is 0 Å². The molecule has 0 radical (unpaired) electrons. The number of hydrogen-bond acceptors (Lipinski definition) is 1. The molecule has 1 nitrogen and oxygen atoms in total. The first kappa shape index (κ1) is 14.8. The molecule has 0 amide bonds. The quantitative estimate of drug-likeness (QED) is 0.628. The van der Waals surface area contributed by atoms with Gasteiger partial charge in [-0.15, -0.1) is 0 Å². The number of hydrogen-bond donors (Lipinski definition) is 0. The molecule has 0 fully saturated rings. The van der Waals surface area contributed by atoms with Crippen molar-refractivity contribution in [3.8, 4) is 0 Å². The summed E-state index contributed by atoms with van der Waals surface area (Å²) in [4.78, 5) is 2.61. The molecule has 0 spiro atoms. The van der Waals surface area contributed by atoms with Crippen molar-refractivity contribution in [3.05, 3.63) is 0 Å². The van der Waals surface area contributed by atoms with Crippen molar-refractivity contribution < 1.29 is 0 Å². The minimum atomic E-state index is -0.962. The van der Waals surface area contributed by atoms with E-state index in [4.69, 9.17) is 0 Å². The van der Waals surface area contributed by atoms with E-state index in [9.17, 15) is 0 Å². The van der Waals surface area contributed by atoms with E-state index in [0.29, 0.717) is 0 Å². The average molecular weight is 301 g/mol. The Kier molecular flexibility index (Phi) is 11.0. The van der Waals surface area contributed by atoms with Crippen molar-refractivity contribution >= 4 is 21.4 Å². The molecular weight excluding hydrogens is 273 g/mol. The Morgan fingerprint density at radius 3 is 2.00 bits per heavy atom. The van der Waals surface area contributed by atoms with E-state index >= 15 is 0 Å². The van der Waals surface area contributed by atoms with Gasteiger partial charge in [0.2, 0.25) is 0 Å². The summed E-state index contributed by atoms with van der Waals surface area (Å²) < 4.78 is 4.77. The number of rotatable bonds is 9. The third kappa shape index (κ3) is 7.17. The fourth-order valence-electron chi connectivity index (χ4n) is 2.04. The predicted molar refractivity (Wildman–Crippen MR) is 68.5 cm³/mol. The van der Waals surface area contributed by atoms with Crippen LogP contribution in [0, 0.1) is 0 Å². The summed E-state index contributed by atoms with van der Waals surface area (Å²) in [7, 11) is 0. The molecule has 14 heavy (non-hydrogen) atoms. The standard InChI is InChI=1S/C8H18N.2C2H5.In/c1-4-7-9(6-3)8-5-2;2*1-2;/h1,4-8H2,2-3H3;2*1H2,2H3;. The van der Waals surface area contributed by atoms with Crippen LogP contribution in [0.5, 0.6) is 0 Å². The zero-order valence-electron chi connectivity index (χ0n) is 10.7. The summed E-state index contributed by atoms with van der Waals surface area (Å²) in [5.74, 6) is 0. The summed E-state index contributed by atoms with van der Waals surface area (Å²) in [6.07, 6.45) is 2.79. The van der Waals surface area contributed by atoms with Gasteiger partial charge in [-0.05, 0) is 0 Å². The van der Waals surface area contributed by atoms with E-state index in [1.54, 1.807) is 12.5 Å². The second-order valence-corrected chi connectivity index (χ2v) is 15.5. The minimum absolute atomic E-state index is 0.962. The van der Waals surface area contributed by atoms with Crippen LogP contribution in [0.25, 0.3) is 0 Å². The van der Waals surface area contributed by atoms with Crippen molar-refractivity contribution in [1.29, 1.82) is 0 Å². The van der Waals surface area contributed by atoms with Gasteiger partial charge in [0, 0.05) is 0 Å². The Morgan fingerprint density at radius 1 is 0.929 bits per heavy atom. The van der Waals surface area contributed by atoms with E-state index in [1.807, 2.05) is 0 Å². The molecule has 0 aromatic heterocycles. The maximum absolute atomic E-state index is 2.61. The molecule has 0 atom stereocenters. The van der Waals surface area contributed by atoms with Gasteiger partial charge < -0.3 is 0 Å². The Labute approximate surface area is 98.8 Å². The molecule has 0 aliphatic rings. The molecule has 0 saturated heterocycles. The van der Waals surface area contributed by atoms with Gasteiger partial charge >= 0.3 is 99.0 Å². The van der Waals surface area contributed by atoms with E-state index in [-0.39, 0.29) is 0 Å². The SMILES string of the molecule is CCCN(CC)CC[CH2][In]([CH2]C)[CH2]C. The summed E-state index contributed by atoms with van der Waals surface area (Å²) in [6.45, 7) is 13.3. The Hall–Kier alpha value is 0.830. The van der Waals surface area contributed by atoms with Crippen molar-refractivity contribution in [2.45, 2.75) is 53.1 Å². The summed E-state index contributed by atoms with van der Waals surface area (Å²) >= 11 is -0.962. The fourth-order valence-corrected chi connectivity index (χ4v) is 8.19. The molecule has 0 aromatic rings. The van der Waals surface area contributed by atoms with Crippen LogP contribution in [0.3, 0.4) is 0 Å². The Morgan fingerprint density at radius 2 is 1.57 bits per heavy atom. The monoisotopic (exact) mass is 301 g/mol. The first-order chi connectivity index (χ1) is 6.78. The third-order valence-electron chi connectivity index (χ3n) is 3.23. The normalized spacial score (nSPS) is 10.9. The van der Waals surface area contributed by atoms with Crippen molar-refractivity contribution in [1.82, 2.24) is 4.90 Å². The van der Waals surface area contributed by atoms with Gasteiger partial charge in [-0.1, -0.05) is 0 Å². The second kappa shape index (κ2) is 10.4. The van der Waals surface area contributed by atoms with Crippen LogP contribution in [0.4, 0.5) is 0 Å². The average Bonchev–Trinajstić information content (AvgIpc) is 2.23. The summed E-state index contributed by atoms with van der Waals surface area (Å²) in [5, 5.41) is 0. The molecule has 0 unspecified atom stereocenters. The van der Waals surface area contributed by atoms with Crippen molar-refractivity contribution in [3.63, 3.8) is 0 Å². The fraction of sp³-hybridized carbons (Fsp3) is 1.00. The van der Waals surface area contributed by atoms with Crippen LogP contribution in [-0.4, -0.2) is 46.0 Å². The molecule has 0 aromatic carbocycles.